The van der Waals surface area contributed by atoms with Crippen molar-refractivity contribution in [3.63, 3.8) is 0 Å². The molecule has 0 spiro atoms. The molecule has 0 atom stereocenters. The topological polar surface area (TPSA) is 54.5 Å². The van der Waals surface area contributed by atoms with Crippen LogP contribution in [0.5, 0.6) is 0 Å². The van der Waals surface area contributed by atoms with E-state index in [0.717, 1.165) is 5.56 Å². The van der Waals surface area contributed by atoms with Gasteiger partial charge in [0.2, 0.25) is 5.91 Å². The van der Waals surface area contributed by atoms with E-state index >= 15 is 0 Å². The smallest absolute Gasteiger partial charge is 0.238 e. The molecule has 2 aromatic carbocycles. The van der Waals surface area contributed by atoms with Gasteiger partial charge in [0.25, 0.3) is 0 Å². The third kappa shape index (κ3) is 5.08. The Kier molecular flexibility index (Phi) is 6.40. The molecule has 1 amide bonds. The van der Waals surface area contributed by atoms with Crippen LogP contribution in [0.2, 0.25) is 5.02 Å². The minimum atomic E-state index is -3.66. The van der Waals surface area contributed by atoms with Gasteiger partial charge in [-0.05, 0) is 43.2 Å². The maximum absolute atomic E-state index is 12.4. The molecule has 2 rings (SSSR count). The van der Waals surface area contributed by atoms with E-state index in [4.69, 9.17) is 11.6 Å². The van der Waals surface area contributed by atoms with E-state index in [1.165, 1.54) is 24.3 Å². The lowest BCUT2D eigenvalue weighted by molar-refractivity contribution is -0.128. The number of amides is 1. The molecule has 0 unspecified atom stereocenters. The summed E-state index contributed by atoms with van der Waals surface area (Å²) in [5, 5.41) is 0.457. The number of rotatable bonds is 7. The van der Waals surface area contributed by atoms with Crippen LogP contribution in [0.25, 0.3) is 0 Å². The summed E-state index contributed by atoms with van der Waals surface area (Å²) in [6.07, 6.45) is 0.696. The highest BCUT2D eigenvalue weighted by molar-refractivity contribution is 7.92. The van der Waals surface area contributed by atoms with Crippen LogP contribution < -0.4 is 0 Å². The zero-order valence-electron chi connectivity index (χ0n) is 13.5. The first-order valence-electron chi connectivity index (χ1n) is 7.72. The number of carbonyl (C=O) groups is 1. The number of hydrogen-bond donors (Lipinski definition) is 0. The molecule has 6 heteroatoms. The SMILES string of the molecule is CCN(CCc1ccccc1)C(=O)CS(=O)(=O)c1ccc(Cl)cc1. The van der Waals surface area contributed by atoms with Crippen molar-refractivity contribution in [2.45, 2.75) is 18.2 Å². The van der Waals surface area contributed by atoms with E-state index in [-0.39, 0.29) is 10.8 Å². The van der Waals surface area contributed by atoms with Gasteiger partial charge >= 0.3 is 0 Å². The van der Waals surface area contributed by atoms with E-state index < -0.39 is 15.6 Å². The van der Waals surface area contributed by atoms with Crippen molar-refractivity contribution in [1.82, 2.24) is 4.90 Å². The van der Waals surface area contributed by atoms with E-state index in [0.29, 0.717) is 24.5 Å². The van der Waals surface area contributed by atoms with Crippen LogP contribution in [0, 0.1) is 0 Å². The van der Waals surface area contributed by atoms with Gasteiger partial charge in [0.1, 0.15) is 5.75 Å². The van der Waals surface area contributed by atoms with E-state index in [9.17, 15) is 13.2 Å². The number of carbonyl (C=O) groups excluding carboxylic acids is 1. The second-order valence-electron chi connectivity index (χ2n) is 5.42. The highest BCUT2D eigenvalue weighted by atomic mass is 35.5. The van der Waals surface area contributed by atoms with Crippen molar-refractivity contribution in [2.24, 2.45) is 0 Å². The van der Waals surface area contributed by atoms with Gasteiger partial charge in [0.15, 0.2) is 9.84 Å². The van der Waals surface area contributed by atoms with Gasteiger partial charge in [-0.1, -0.05) is 41.9 Å². The first-order valence-corrected chi connectivity index (χ1v) is 9.75. The number of halogens is 1. The van der Waals surface area contributed by atoms with Crippen molar-refractivity contribution in [3.8, 4) is 0 Å². The first kappa shape index (κ1) is 18.5. The van der Waals surface area contributed by atoms with Crippen molar-refractivity contribution < 1.29 is 13.2 Å². The van der Waals surface area contributed by atoms with Gasteiger partial charge in [-0.15, -0.1) is 0 Å². The molecule has 0 fully saturated rings. The monoisotopic (exact) mass is 365 g/mol. The van der Waals surface area contributed by atoms with Crippen LogP contribution in [0.4, 0.5) is 0 Å². The van der Waals surface area contributed by atoms with Crippen molar-refractivity contribution in [3.05, 3.63) is 65.2 Å². The highest BCUT2D eigenvalue weighted by Gasteiger charge is 2.22. The summed E-state index contributed by atoms with van der Waals surface area (Å²) in [5.41, 5.74) is 1.12. The van der Waals surface area contributed by atoms with Crippen molar-refractivity contribution in [2.75, 3.05) is 18.8 Å². The molecular weight excluding hydrogens is 346 g/mol. The lowest BCUT2D eigenvalue weighted by Crippen LogP contribution is -2.37. The molecule has 0 bridgehead atoms. The molecule has 0 N–H and O–H groups in total. The summed E-state index contributed by atoms with van der Waals surface area (Å²) in [4.78, 5) is 14.1. The third-order valence-corrected chi connectivity index (χ3v) is 5.60. The highest BCUT2D eigenvalue weighted by Crippen LogP contribution is 2.16. The second kappa shape index (κ2) is 8.31. The Morgan fingerprint density at radius 2 is 1.67 bits per heavy atom. The lowest BCUT2D eigenvalue weighted by atomic mass is 10.1. The number of sulfone groups is 1. The van der Waals surface area contributed by atoms with Gasteiger partial charge in [0.05, 0.1) is 4.90 Å². The minimum absolute atomic E-state index is 0.111. The van der Waals surface area contributed by atoms with E-state index in [1.807, 2.05) is 37.3 Å². The maximum atomic E-state index is 12.4. The summed E-state index contributed by atoms with van der Waals surface area (Å²) in [6, 6.07) is 15.7. The van der Waals surface area contributed by atoms with Gasteiger partial charge in [-0.25, -0.2) is 8.42 Å². The van der Waals surface area contributed by atoms with Crippen LogP contribution in [0.15, 0.2) is 59.5 Å². The maximum Gasteiger partial charge on any atom is 0.238 e. The Bertz CT molecular complexity index is 774. The van der Waals surface area contributed by atoms with Crippen LogP contribution in [0.3, 0.4) is 0 Å². The Morgan fingerprint density at radius 3 is 2.25 bits per heavy atom. The molecule has 0 saturated heterocycles. The molecule has 128 valence electrons. The molecule has 0 aromatic heterocycles. The summed E-state index contributed by atoms with van der Waals surface area (Å²) >= 11 is 5.77. The molecule has 24 heavy (non-hydrogen) atoms. The largest absolute Gasteiger partial charge is 0.342 e. The lowest BCUT2D eigenvalue weighted by Gasteiger charge is -2.21. The molecule has 0 aliphatic carbocycles. The number of hydrogen-bond acceptors (Lipinski definition) is 3. The normalized spacial score (nSPS) is 11.2. The van der Waals surface area contributed by atoms with E-state index in [2.05, 4.69) is 0 Å². The molecule has 0 aliphatic heterocycles. The Labute approximate surface area is 148 Å². The zero-order valence-corrected chi connectivity index (χ0v) is 15.1. The fourth-order valence-electron chi connectivity index (χ4n) is 2.35. The fourth-order valence-corrected chi connectivity index (χ4v) is 3.70. The van der Waals surface area contributed by atoms with Gasteiger partial charge in [-0.3, -0.25) is 4.79 Å². The Balaban J connectivity index is 2.01. The molecule has 0 saturated carbocycles. The van der Waals surface area contributed by atoms with Crippen LogP contribution in [0.1, 0.15) is 12.5 Å². The molecule has 4 nitrogen and oxygen atoms in total. The molecule has 0 aliphatic rings. The summed E-state index contributed by atoms with van der Waals surface area (Å²) < 4.78 is 24.7. The van der Waals surface area contributed by atoms with Crippen LogP contribution >= 0.6 is 11.6 Å². The van der Waals surface area contributed by atoms with Gasteiger partial charge < -0.3 is 4.90 Å². The van der Waals surface area contributed by atoms with Gasteiger partial charge in [-0.2, -0.15) is 0 Å². The standard InChI is InChI=1S/C18H20ClNO3S/c1-2-20(13-12-15-6-4-3-5-7-15)18(21)14-24(22,23)17-10-8-16(19)9-11-17/h3-11H,2,12-14H2,1H3. The fraction of sp³-hybridized carbons (Fsp3) is 0.278. The Morgan fingerprint density at radius 1 is 1.04 bits per heavy atom. The average molecular weight is 366 g/mol. The molecular formula is C18H20ClNO3S. The third-order valence-electron chi connectivity index (χ3n) is 3.73. The van der Waals surface area contributed by atoms with Crippen LogP contribution in [-0.4, -0.2) is 38.1 Å². The average Bonchev–Trinajstić information content (AvgIpc) is 2.56. The Hall–Kier alpha value is -1.85. The molecule has 0 heterocycles. The second-order valence-corrected chi connectivity index (χ2v) is 7.85. The zero-order chi connectivity index (χ0) is 17.6. The quantitative estimate of drug-likeness (QED) is 0.757. The van der Waals surface area contributed by atoms with Crippen molar-refractivity contribution in [1.29, 1.82) is 0 Å². The number of nitrogens with zero attached hydrogens (tertiary/aromatic N) is 1. The van der Waals surface area contributed by atoms with Gasteiger partial charge in [0, 0.05) is 18.1 Å². The van der Waals surface area contributed by atoms with E-state index in [1.54, 1.807) is 4.90 Å². The minimum Gasteiger partial charge on any atom is -0.342 e. The summed E-state index contributed by atoms with van der Waals surface area (Å²) in [6.45, 7) is 2.81. The number of benzene rings is 2. The van der Waals surface area contributed by atoms with Crippen LogP contribution in [-0.2, 0) is 21.1 Å². The predicted octanol–water partition coefficient (Wildman–Crippen LogP) is 3.20. The molecule has 2 aromatic rings. The van der Waals surface area contributed by atoms with Crippen molar-refractivity contribution >= 4 is 27.3 Å². The summed E-state index contributed by atoms with van der Waals surface area (Å²) in [5.74, 6) is -0.916. The summed E-state index contributed by atoms with van der Waals surface area (Å²) in [7, 11) is -3.66. The number of likely N-dealkylation sites (N-methyl/N-ethyl adjacent to an activating group) is 1. The predicted molar refractivity (Wildman–Crippen MR) is 95.9 cm³/mol. The first-order chi connectivity index (χ1) is 11.4. The molecule has 0 radical (unpaired) electrons.